The Balaban J connectivity index is 2.68. The summed E-state index contributed by atoms with van der Waals surface area (Å²) >= 11 is 0. The highest BCUT2D eigenvalue weighted by molar-refractivity contribution is 4.67. The fraction of sp³-hybridized carbons (Fsp3) is 1.00. The van der Waals surface area contributed by atoms with E-state index in [1.807, 2.05) is 20.8 Å². The molecule has 5 nitrogen and oxygen atoms in total. The minimum Gasteiger partial charge on any atom is -0.346 e. The van der Waals surface area contributed by atoms with Gasteiger partial charge in [-0.3, -0.25) is 0 Å². The molecule has 1 saturated heterocycles. The van der Waals surface area contributed by atoms with Gasteiger partial charge in [-0.1, -0.05) is 0 Å². The largest absolute Gasteiger partial charge is 0.346 e. The molecule has 0 radical (unpaired) electrons. The van der Waals surface area contributed by atoms with Crippen molar-refractivity contribution in [3.05, 3.63) is 0 Å². The van der Waals surface area contributed by atoms with Crippen LogP contribution in [0.4, 0.5) is 0 Å². The standard InChI is InChI=1S/C10H20O5/c1-4-11-9-10(13-5-2,14-6-3)15-8-7-12-9/h9H,4-8H2,1-3H3. The molecule has 1 aliphatic rings. The van der Waals surface area contributed by atoms with Gasteiger partial charge in [-0.05, 0) is 20.8 Å². The topological polar surface area (TPSA) is 46.2 Å². The molecule has 0 saturated carbocycles. The van der Waals surface area contributed by atoms with Crippen molar-refractivity contribution in [2.75, 3.05) is 33.0 Å². The Hall–Kier alpha value is -0.200. The van der Waals surface area contributed by atoms with Crippen molar-refractivity contribution in [3.8, 4) is 0 Å². The smallest absolute Gasteiger partial charge is 0.337 e. The fourth-order valence-corrected chi connectivity index (χ4v) is 1.47. The van der Waals surface area contributed by atoms with E-state index < -0.39 is 12.3 Å². The van der Waals surface area contributed by atoms with E-state index >= 15 is 0 Å². The van der Waals surface area contributed by atoms with Crippen molar-refractivity contribution in [2.24, 2.45) is 0 Å². The first-order valence-electron chi connectivity index (χ1n) is 5.44. The molecule has 1 atom stereocenters. The van der Waals surface area contributed by atoms with Gasteiger partial charge in [-0.25, -0.2) is 0 Å². The van der Waals surface area contributed by atoms with E-state index in [0.29, 0.717) is 33.0 Å². The molecule has 1 heterocycles. The van der Waals surface area contributed by atoms with Gasteiger partial charge in [0.25, 0.3) is 0 Å². The second-order valence-electron chi connectivity index (χ2n) is 2.98. The molecule has 0 aliphatic carbocycles. The number of ether oxygens (including phenoxy) is 5. The maximum absolute atomic E-state index is 5.52. The summed E-state index contributed by atoms with van der Waals surface area (Å²) in [6.45, 7) is 8.07. The Kier molecular flexibility index (Phi) is 5.49. The lowest BCUT2D eigenvalue weighted by Crippen LogP contribution is -2.56. The maximum atomic E-state index is 5.52. The maximum Gasteiger partial charge on any atom is 0.337 e. The summed E-state index contributed by atoms with van der Waals surface area (Å²) in [6, 6.07) is 0. The van der Waals surface area contributed by atoms with Crippen LogP contribution < -0.4 is 0 Å². The van der Waals surface area contributed by atoms with E-state index in [0.717, 1.165) is 0 Å². The zero-order valence-corrected chi connectivity index (χ0v) is 9.65. The van der Waals surface area contributed by atoms with E-state index in [9.17, 15) is 0 Å². The molecule has 0 N–H and O–H groups in total. The van der Waals surface area contributed by atoms with Crippen LogP contribution >= 0.6 is 0 Å². The predicted octanol–water partition coefficient (Wildman–Crippen LogP) is 1.12. The van der Waals surface area contributed by atoms with Crippen molar-refractivity contribution in [1.82, 2.24) is 0 Å². The predicted molar refractivity (Wildman–Crippen MR) is 53.3 cm³/mol. The molecule has 0 aromatic carbocycles. The lowest BCUT2D eigenvalue weighted by molar-refractivity contribution is -0.475. The second kappa shape index (κ2) is 6.40. The van der Waals surface area contributed by atoms with Gasteiger partial charge in [0.2, 0.25) is 6.29 Å². The van der Waals surface area contributed by atoms with Gasteiger partial charge >= 0.3 is 5.97 Å². The molecule has 1 fully saturated rings. The van der Waals surface area contributed by atoms with Crippen LogP contribution in [0, 0.1) is 0 Å². The van der Waals surface area contributed by atoms with Crippen molar-refractivity contribution in [3.63, 3.8) is 0 Å². The first kappa shape index (κ1) is 12.9. The summed E-state index contributed by atoms with van der Waals surface area (Å²) in [7, 11) is 0. The van der Waals surface area contributed by atoms with Crippen molar-refractivity contribution in [1.29, 1.82) is 0 Å². The Bertz CT molecular complexity index is 160. The molecule has 15 heavy (non-hydrogen) atoms. The zero-order chi connectivity index (χ0) is 11.1. The first-order valence-corrected chi connectivity index (χ1v) is 5.44. The Labute approximate surface area is 90.6 Å². The molecule has 1 aliphatic heterocycles. The molecule has 0 aromatic heterocycles. The molecule has 0 amide bonds. The van der Waals surface area contributed by atoms with Crippen LogP contribution in [-0.2, 0) is 23.7 Å². The van der Waals surface area contributed by atoms with E-state index in [1.54, 1.807) is 0 Å². The highest BCUT2D eigenvalue weighted by Crippen LogP contribution is 2.27. The van der Waals surface area contributed by atoms with Crippen LogP contribution in [-0.4, -0.2) is 45.3 Å². The summed E-state index contributed by atoms with van der Waals surface area (Å²) in [5.41, 5.74) is 0. The van der Waals surface area contributed by atoms with Gasteiger partial charge in [-0.2, -0.15) is 0 Å². The molecule has 0 aromatic rings. The normalized spacial score (nSPS) is 25.4. The third-order valence-electron chi connectivity index (χ3n) is 1.95. The monoisotopic (exact) mass is 220 g/mol. The number of rotatable bonds is 6. The molecule has 5 heteroatoms. The SMILES string of the molecule is CCOC1OCCOC1(OCC)OCC. The Morgan fingerprint density at radius 1 is 1.07 bits per heavy atom. The van der Waals surface area contributed by atoms with Gasteiger partial charge in [0, 0.05) is 19.8 Å². The van der Waals surface area contributed by atoms with Gasteiger partial charge in [0.05, 0.1) is 13.2 Å². The summed E-state index contributed by atoms with van der Waals surface area (Å²) in [6.07, 6.45) is -0.615. The van der Waals surface area contributed by atoms with Gasteiger partial charge < -0.3 is 23.7 Å². The molecule has 90 valence electrons. The Morgan fingerprint density at radius 3 is 2.27 bits per heavy atom. The molecular weight excluding hydrogens is 200 g/mol. The van der Waals surface area contributed by atoms with Gasteiger partial charge in [0.15, 0.2) is 0 Å². The average Bonchev–Trinajstić information content (AvgIpc) is 2.23. The van der Waals surface area contributed by atoms with E-state index in [1.165, 1.54) is 0 Å². The number of hydrogen-bond donors (Lipinski definition) is 0. The van der Waals surface area contributed by atoms with Crippen molar-refractivity contribution < 1.29 is 23.7 Å². The van der Waals surface area contributed by atoms with Crippen LogP contribution in [0.5, 0.6) is 0 Å². The first-order chi connectivity index (χ1) is 7.29. The average molecular weight is 220 g/mol. The fourth-order valence-electron chi connectivity index (χ4n) is 1.47. The molecule has 1 rings (SSSR count). The summed E-state index contributed by atoms with van der Waals surface area (Å²) < 4.78 is 27.3. The summed E-state index contributed by atoms with van der Waals surface area (Å²) in [4.78, 5) is 0. The third kappa shape index (κ3) is 3.12. The number of hydrogen-bond acceptors (Lipinski definition) is 5. The van der Waals surface area contributed by atoms with Gasteiger partial charge in [0.1, 0.15) is 0 Å². The minimum atomic E-state index is -1.20. The third-order valence-corrected chi connectivity index (χ3v) is 1.95. The minimum absolute atomic E-state index is 0.448. The van der Waals surface area contributed by atoms with Crippen LogP contribution in [0.25, 0.3) is 0 Å². The lowest BCUT2D eigenvalue weighted by Gasteiger charge is -2.40. The summed E-state index contributed by atoms with van der Waals surface area (Å²) in [5.74, 6) is -1.20. The van der Waals surface area contributed by atoms with Crippen LogP contribution in [0.3, 0.4) is 0 Å². The van der Waals surface area contributed by atoms with Crippen molar-refractivity contribution in [2.45, 2.75) is 33.0 Å². The lowest BCUT2D eigenvalue weighted by atomic mass is 10.4. The van der Waals surface area contributed by atoms with Crippen LogP contribution in [0.15, 0.2) is 0 Å². The van der Waals surface area contributed by atoms with Crippen molar-refractivity contribution >= 4 is 0 Å². The molecule has 0 spiro atoms. The van der Waals surface area contributed by atoms with Crippen LogP contribution in [0.2, 0.25) is 0 Å². The van der Waals surface area contributed by atoms with E-state index in [4.69, 9.17) is 23.7 Å². The Morgan fingerprint density at radius 2 is 1.73 bits per heavy atom. The zero-order valence-electron chi connectivity index (χ0n) is 9.65. The van der Waals surface area contributed by atoms with E-state index in [-0.39, 0.29) is 0 Å². The van der Waals surface area contributed by atoms with Crippen LogP contribution in [0.1, 0.15) is 20.8 Å². The molecular formula is C10H20O5. The van der Waals surface area contributed by atoms with E-state index in [2.05, 4.69) is 0 Å². The highest BCUT2D eigenvalue weighted by atomic mass is 16.9. The van der Waals surface area contributed by atoms with Gasteiger partial charge in [-0.15, -0.1) is 0 Å². The second-order valence-corrected chi connectivity index (χ2v) is 2.98. The molecule has 0 bridgehead atoms. The summed E-state index contributed by atoms with van der Waals surface area (Å²) in [5, 5.41) is 0. The molecule has 1 unspecified atom stereocenters. The quantitative estimate of drug-likeness (QED) is 0.628. The highest BCUT2D eigenvalue weighted by Gasteiger charge is 2.47.